The number of benzene rings is 1. The Morgan fingerprint density at radius 2 is 1.43 bits per heavy atom. The van der Waals surface area contributed by atoms with Crippen molar-refractivity contribution < 1.29 is 16.8 Å². The molecule has 0 atom stereocenters. The summed E-state index contributed by atoms with van der Waals surface area (Å²) >= 11 is 0. The van der Waals surface area contributed by atoms with Gasteiger partial charge in [-0.25, -0.2) is 22.6 Å². The third kappa shape index (κ3) is 6.10. The summed E-state index contributed by atoms with van der Waals surface area (Å²) < 4.78 is 53.4. The second-order valence-electron chi connectivity index (χ2n) is 4.29. The smallest absolute Gasteiger partial charge is 0.211 e. The zero-order valence-corrected chi connectivity index (χ0v) is 13.7. The van der Waals surface area contributed by atoms with Crippen LogP contribution < -0.4 is 14.2 Å². The minimum absolute atomic E-state index is 0.196. The average Bonchev–Trinajstić information content (AvgIpc) is 2.39. The van der Waals surface area contributed by atoms with Crippen LogP contribution in [0.5, 0.6) is 0 Å². The molecule has 0 heterocycles. The van der Waals surface area contributed by atoms with Crippen LogP contribution in [0.4, 0.5) is 0 Å². The fourth-order valence-corrected chi connectivity index (χ4v) is 3.57. The lowest BCUT2D eigenvalue weighted by atomic mass is 10.2. The lowest BCUT2D eigenvalue weighted by Gasteiger charge is -2.08. The van der Waals surface area contributed by atoms with Crippen LogP contribution in [-0.4, -0.2) is 36.5 Å². The minimum atomic E-state index is -3.45. The highest BCUT2D eigenvalue weighted by atomic mass is 32.2. The van der Waals surface area contributed by atoms with Crippen molar-refractivity contribution in [3.05, 3.63) is 29.8 Å². The summed E-state index contributed by atoms with van der Waals surface area (Å²) in [7, 11) is -6.90. The molecule has 1 aromatic carbocycles. The van der Waals surface area contributed by atoms with Gasteiger partial charge in [-0.3, -0.25) is 0 Å². The topological polar surface area (TPSA) is 104 Å². The Labute approximate surface area is 126 Å². The van der Waals surface area contributed by atoms with E-state index in [2.05, 4.69) is 14.2 Å². The van der Waals surface area contributed by atoms with Crippen molar-refractivity contribution in [3.63, 3.8) is 0 Å². The molecular weight excluding hydrogens is 314 g/mol. The molecule has 0 fully saturated rings. The second-order valence-corrected chi connectivity index (χ2v) is 7.64. The molecule has 0 aliphatic rings. The Morgan fingerprint density at radius 3 is 1.95 bits per heavy atom. The molecule has 21 heavy (non-hydrogen) atoms. The molecule has 120 valence electrons. The molecule has 0 saturated carbocycles. The van der Waals surface area contributed by atoms with Crippen LogP contribution >= 0.6 is 0 Å². The van der Waals surface area contributed by atoms with E-state index in [1.165, 1.54) is 12.1 Å². The van der Waals surface area contributed by atoms with Gasteiger partial charge >= 0.3 is 0 Å². The van der Waals surface area contributed by atoms with Gasteiger partial charge in [-0.2, -0.15) is 8.42 Å². The summed E-state index contributed by atoms with van der Waals surface area (Å²) in [5, 5.41) is 0. The normalized spacial score (nSPS) is 12.5. The summed E-state index contributed by atoms with van der Waals surface area (Å²) in [4.78, 5) is 0.196. The lowest BCUT2D eigenvalue weighted by molar-refractivity contribution is 0.569. The van der Waals surface area contributed by atoms with Gasteiger partial charge in [0.05, 0.1) is 4.90 Å². The standard InChI is InChI=1S/C12H21N3O4S2/c1-3-13-20(16,17)12-7-5-11(6-8-12)9-10-15-21(18,19)14-4-2/h5-8,13-15H,3-4,9-10H2,1-2H3. The zero-order valence-electron chi connectivity index (χ0n) is 12.1. The number of hydrogen-bond donors (Lipinski definition) is 3. The van der Waals surface area contributed by atoms with Crippen molar-refractivity contribution in [2.75, 3.05) is 19.6 Å². The Morgan fingerprint density at radius 1 is 0.857 bits per heavy atom. The Hall–Kier alpha value is -1.00. The SMILES string of the molecule is CCNS(=O)(=O)NCCc1ccc(S(=O)(=O)NCC)cc1. The van der Waals surface area contributed by atoms with Gasteiger partial charge < -0.3 is 0 Å². The van der Waals surface area contributed by atoms with Gasteiger partial charge in [-0.15, -0.1) is 0 Å². The molecule has 0 bridgehead atoms. The molecule has 9 heteroatoms. The van der Waals surface area contributed by atoms with Gasteiger partial charge in [-0.05, 0) is 24.1 Å². The Kier molecular flexibility index (Phi) is 6.75. The van der Waals surface area contributed by atoms with E-state index in [1.54, 1.807) is 26.0 Å². The van der Waals surface area contributed by atoms with Crippen LogP contribution in [0.3, 0.4) is 0 Å². The minimum Gasteiger partial charge on any atom is -0.211 e. The van der Waals surface area contributed by atoms with E-state index < -0.39 is 20.2 Å². The molecule has 0 aromatic heterocycles. The molecule has 0 saturated heterocycles. The molecule has 0 spiro atoms. The predicted octanol–water partition coefficient (Wildman–Crippen LogP) is -0.0288. The molecular formula is C12H21N3O4S2. The van der Waals surface area contributed by atoms with Crippen LogP contribution in [0.1, 0.15) is 19.4 Å². The summed E-state index contributed by atoms with van der Waals surface area (Å²) in [5.74, 6) is 0. The predicted molar refractivity (Wildman–Crippen MR) is 81.6 cm³/mol. The molecule has 0 unspecified atom stereocenters. The van der Waals surface area contributed by atoms with Crippen molar-refractivity contribution in [2.24, 2.45) is 0 Å². The van der Waals surface area contributed by atoms with Crippen molar-refractivity contribution in [1.82, 2.24) is 14.2 Å². The number of sulfonamides is 1. The highest BCUT2D eigenvalue weighted by Crippen LogP contribution is 2.10. The molecule has 3 N–H and O–H groups in total. The molecule has 1 aromatic rings. The van der Waals surface area contributed by atoms with Gasteiger partial charge in [0.1, 0.15) is 0 Å². The highest BCUT2D eigenvalue weighted by molar-refractivity contribution is 7.89. The second kappa shape index (κ2) is 7.85. The van der Waals surface area contributed by atoms with E-state index in [0.29, 0.717) is 19.5 Å². The zero-order chi connectivity index (χ0) is 15.9. The fraction of sp³-hybridized carbons (Fsp3) is 0.500. The first-order chi connectivity index (χ1) is 9.80. The van der Waals surface area contributed by atoms with Gasteiger partial charge in [0.15, 0.2) is 0 Å². The maximum atomic E-state index is 11.7. The largest absolute Gasteiger partial charge is 0.276 e. The number of hydrogen-bond acceptors (Lipinski definition) is 4. The summed E-state index contributed by atoms with van der Waals surface area (Å²) in [6.07, 6.45) is 0.478. The first-order valence-electron chi connectivity index (χ1n) is 6.63. The van der Waals surface area contributed by atoms with Gasteiger partial charge in [0, 0.05) is 19.6 Å². The third-order valence-corrected chi connectivity index (χ3v) is 5.42. The van der Waals surface area contributed by atoms with Gasteiger partial charge in [0.25, 0.3) is 10.2 Å². The molecule has 0 radical (unpaired) electrons. The highest BCUT2D eigenvalue weighted by Gasteiger charge is 2.12. The van der Waals surface area contributed by atoms with E-state index in [0.717, 1.165) is 5.56 Å². The number of nitrogens with one attached hydrogen (secondary N) is 3. The first-order valence-corrected chi connectivity index (χ1v) is 9.60. The molecule has 0 amide bonds. The maximum Gasteiger partial charge on any atom is 0.276 e. The lowest BCUT2D eigenvalue weighted by Crippen LogP contribution is -2.37. The quantitative estimate of drug-likeness (QED) is 0.589. The van der Waals surface area contributed by atoms with Crippen molar-refractivity contribution in [2.45, 2.75) is 25.2 Å². The van der Waals surface area contributed by atoms with Crippen molar-refractivity contribution in [1.29, 1.82) is 0 Å². The monoisotopic (exact) mass is 335 g/mol. The van der Waals surface area contributed by atoms with Crippen LogP contribution in [0.15, 0.2) is 29.2 Å². The third-order valence-electron chi connectivity index (χ3n) is 2.61. The van der Waals surface area contributed by atoms with Crippen LogP contribution in [0.25, 0.3) is 0 Å². The molecule has 0 aliphatic heterocycles. The number of rotatable bonds is 9. The van der Waals surface area contributed by atoms with Crippen LogP contribution in [0.2, 0.25) is 0 Å². The van der Waals surface area contributed by atoms with Crippen LogP contribution in [-0.2, 0) is 26.7 Å². The van der Waals surface area contributed by atoms with E-state index in [1.807, 2.05) is 0 Å². The van der Waals surface area contributed by atoms with E-state index >= 15 is 0 Å². The van der Waals surface area contributed by atoms with E-state index in [9.17, 15) is 16.8 Å². The van der Waals surface area contributed by atoms with Gasteiger partial charge in [0.2, 0.25) is 10.0 Å². The van der Waals surface area contributed by atoms with E-state index in [-0.39, 0.29) is 11.4 Å². The maximum absolute atomic E-state index is 11.7. The molecule has 1 rings (SSSR count). The molecule has 0 aliphatic carbocycles. The Balaban J connectivity index is 2.60. The van der Waals surface area contributed by atoms with Gasteiger partial charge in [-0.1, -0.05) is 26.0 Å². The first kappa shape index (κ1) is 18.1. The average molecular weight is 335 g/mol. The van der Waals surface area contributed by atoms with Crippen LogP contribution in [0, 0.1) is 0 Å². The summed E-state index contributed by atoms with van der Waals surface area (Å²) in [5.41, 5.74) is 0.852. The summed E-state index contributed by atoms with van der Waals surface area (Å²) in [6.45, 7) is 4.31. The van der Waals surface area contributed by atoms with E-state index in [4.69, 9.17) is 0 Å². The van der Waals surface area contributed by atoms with Crippen molar-refractivity contribution in [3.8, 4) is 0 Å². The van der Waals surface area contributed by atoms with Crippen molar-refractivity contribution >= 4 is 20.2 Å². The fourth-order valence-electron chi connectivity index (χ4n) is 1.68. The Bertz CT molecular complexity index is 640. The molecule has 7 nitrogen and oxygen atoms in total. The summed E-state index contributed by atoms with van der Waals surface area (Å²) in [6, 6.07) is 6.36.